The van der Waals surface area contributed by atoms with Crippen LogP contribution >= 0.6 is 0 Å². The molecule has 33 heavy (non-hydrogen) atoms. The van der Waals surface area contributed by atoms with Crippen LogP contribution in [0.3, 0.4) is 0 Å². The van der Waals surface area contributed by atoms with Crippen LogP contribution in [-0.2, 0) is 29.8 Å². The zero-order valence-corrected chi connectivity index (χ0v) is 18.4. The number of rotatable bonds is 9. The molecule has 0 aliphatic heterocycles. The first-order valence-corrected chi connectivity index (χ1v) is 11.3. The van der Waals surface area contributed by atoms with Gasteiger partial charge in [-0.2, -0.15) is 43.2 Å². The maximum Gasteiger partial charge on any atom is 0.450 e. The molecule has 9 nitrogen and oxygen atoms in total. The lowest BCUT2D eigenvalue weighted by molar-refractivity contribution is -0.247. The summed E-state index contributed by atoms with van der Waals surface area (Å²) in [5.41, 5.74) is -1.48. The molecule has 1 aromatic carbocycles. The minimum Gasteiger partial charge on any atom is -0.389 e. The van der Waals surface area contributed by atoms with Crippen LogP contribution in [0.5, 0.6) is 5.75 Å². The summed E-state index contributed by atoms with van der Waals surface area (Å²) in [6.45, 7) is 4.56. The van der Waals surface area contributed by atoms with E-state index in [4.69, 9.17) is 4.55 Å². The highest BCUT2D eigenvalue weighted by Gasteiger charge is 2.83. The summed E-state index contributed by atoms with van der Waals surface area (Å²) < 4.78 is 141. The SMILES string of the molecule is CCC(C)(C)C(=O)OC(=O)c1ccc(OS(=O)(=O)C(F)(F)C(F)(F)C(F)(F)S(=O)(=O)O)cc1. The lowest BCUT2D eigenvalue weighted by Gasteiger charge is -2.29. The minimum absolute atomic E-state index is 0.291. The first kappa shape index (κ1) is 28.6. The minimum atomic E-state index is -7.18. The van der Waals surface area contributed by atoms with Crippen molar-refractivity contribution in [3.63, 3.8) is 0 Å². The molecule has 0 bridgehead atoms. The predicted octanol–water partition coefficient (Wildman–Crippen LogP) is 3.22. The van der Waals surface area contributed by atoms with Crippen molar-refractivity contribution in [3.05, 3.63) is 29.8 Å². The second-order valence-electron chi connectivity index (χ2n) is 7.06. The van der Waals surface area contributed by atoms with Gasteiger partial charge in [0.15, 0.2) is 0 Å². The van der Waals surface area contributed by atoms with Crippen LogP contribution < -0.4 is 4.18 Å². The highest BCUT2D eigenvalue weighted by molar-refractivity contribution is 7.88. The molecular weight excluding hydrogens is 514 g/mol. The van der Waals surface area contributed by atoms with Gasteiger partial charge in [-0.3, -0.25) is 9.35 Å². The Morgan fingerprint density at radius 1 is 0.909 bits per heavy atom. The van der Waals surface area contributed by atoms with E-state index in [0.717, 1.165) is 0 Å². The molecule has 0 atom stereocenters. The molecule has 0 heterocycles. The number of alkyl halides is 6. The van der Waals surface area contributed by atoms with E-state index in [1.165, 1.54) is 13.8 Å². The normalized spacial score (nSPS) is 14.0. The van der Waals surface area contributed by atoms with Gasteiger partial charge in [-0.1, -0.05) is 6.92 Å². The van der Waals surface area contributed by atoms with Gasteiger partial charge in [0.1, 0.15) is 5.75 Å². The Labute approximate surface area is 183 Å². The quantitative estimate of drug-likeness (QED) is 0.167. The van der Waals surface area contributed by atoms with E-state index in [2.05, 4.69) is 8.92 Å². The third-order valence-electron chi connectivity index (χ3n) is 4.29. The summed E-state index contributed by atoms with van der Waals surface area (Å²) >= 11 is 0. The fourth-order valence-corrected chi connectivity index (χ4v) is 3.17. The van der Waals surface area contributed by atoms with Gasteiger partial charge in [-0.25, -0.2) is 4.79 Å². The van der Waals surface area contributed by atoms with E-state index < -0.39 is 65.3 Å². The van der Waals surface area contributed by atoms with Crippen molar-refractivity contribution in [2.24, 2.45) is 5.41 Å². The molecule has 0 unspecified atom stereocenters. The van der Waals surface area contributed by atoms with E-state index >= 15 is 0 Å². The van der Waals surface area contributed by atoms with Crippen molar-refractivity contribution in [2.45, 2.75) is 43.6 Å². The van der Waals surface area contributed by atoms with Crippen LogP contribution in [0.1, 0.15) is 37.6 Å². The van der Waals surface area contributed by atoms with Crippen LogP contribution in [0.25, 0.3) is 0 Å². The fraction of sp³-hybridized carbons (Fsp3) is 0.500. The molecule has 0 saturated heterocycles. The highest BCUT2D eigenvalue weighted by Crippen LogP contribution is 2.50. The molecule has 0 saturated carbocycles. The molecule has 1 N–H and O–H groups in total. The Balaban J connectivity index is 3.17. The molecule has 0 aliphatic rings. The second-order valence-corrected chi connectivity index (χ2v) is 10.1. The monoisotopic (exact) mass is 530 g/mol. The molecule has 0 radical (unpaired) electrons. The number of carbonyl (C=O) groups excluding carboxylic acids is 2. The van der Waals surface area contributed by atoms with E-state index in [9.17, 15) is 52.8 Å². The molecule has 0 spiro atoms. The molecule has 1 rings (SSSR count). The number of esters is 2. The summed E-state index contributed by atoms with van der Waals surface area (Å²) in [6.07, 6.45) is 0.291. The lowest BCUT2D eigenvalue weighted by atomic mass is 9.91. The van der Waals surface area contributed by atoms with Crippen LogP contribution in [0.4, 0.5) is 26.3 Å². The largest absolute Gasteiger partial charge is 0.450 e. The van der Waals surface area contributed by atoms with E-state index in [0.29, 0.717) is 30.7 Å². The summed E-state index contributed by atoms with van der Waals surface area (Å²) in [7, 11) is -14.2. The Hall–Kier alpha value is -2.40. The van der Waals surface area contributed by atoms with Gasteiger partial charge in [0.25, 0.3) is 0 Å². The third-order valence-corrected chi connectivity index (χ3v) is 6.49. The fourth-order valence-electron chi connectivity index (χ4n) is 1.74. The number of carbonyl (C=O) groups is 2. The molecule has 0 fully saturated rings. The highest BCUT2D eigenvalue weighted by atomic mass is 32.2. The lowest BCUT2D eigenvalue weighted by Crippen LogP contribution is -2.61. The van der Waals surface area contributed by atoms with Gasteiger partial charge < -0.3 is 8.92 Å². The number of hydrogen-bond acceptors (Lipinski definition) is 8. The summed E-state index contributed by atoms with van der Waals surface area (Å²) in [6, 6.07) is 2.25. The standard InChI is InChI=1S/C16H16F6O9S2/c1-4-13(2,3)12(24)30-11(23)9-5-7-10(8-6-9)31-33(28,29)16(21,22)14(17,18)15(19,20)32(25,26)27/h5-8H,4H2,1-3H3,(H,25,26,27). The van der Waals surface area contributed by atoms with Gasteiger partial charge in [0, 0.05) is 0 Å². The zero-order chi connectivity index (χ0) is 26.3. The zero-order valence-electron chi connectivity index (χ0n) is 16.8. The Kier molecular flexibility index (Phi) is 7.59. The molecule has 0 aromatic heterocycles. The van der Waals surface area contributed by atoms with E-state index in [1.54, 1.807) is 6.92 Å². The topological polar surface area (TPSA) is 141 Å². The van der Waals surface area contributed by atoms with Gasteiger partial charge >= 0.3 is 48.6 Å². The van der Waals surface area contributed by atoms with Crippen LogP contribution in [0.2, 0.25) is 0 Å². The van der Waals surface area contributed by atoms with Gasteiger partial charge in [-0.05, 0) is 44.5 Å². The first-order valence-electron chi connectivity index (χ1n) is 8.46. The van der Waals surface area contributed by atoms with E-state index in [-0.39, 0.29) is 0 Å². The second kappa shape index (κ2) is 8.75. The average Bonchev–Trinajstić information content (AvgIpc) is 2.66. The third kappa shape index (κ3) is 5.24. The van der Waals surface area contributed by atoms with Gasteiger partial charge in [-0.15, -0.1) is 0 Å². The van der Waals surface area contributed by atoms with Crippen molar-refractivity contribution in [3.8, 4) is 5.75 Å². The summed E-state index contributed by atoms with van der Waals surface area (Å²) in [5.74, 6) is -10.5. The maximum atomic E-state index is 13.8. The van der Waals surface area contributed by atoms with Crippen molar-refractivity contribution >= 4 is 32.2 Å². The number of benzene rings is 1. The van der Waals surface area contributed by atoms with Crippen molar-refractivity contribution < 1.29 is 66.2 Å². The molecule has 0 amide bonds. The Morgan fingerprint density at radius 2 is 1.36 bits per heavy atom. The van der Waals surface area contributed by atoms with E-state index in [1.807, 2.05) is 0 Å². The Morgan fingerprint density at radius 3 is 1.76 bits per heavy atom. The number of hydrogen-bond donors (Lipinski definition) is 1. The average molecular weight is 530 g/mol. The molecule has 1 aromatic rings. The molecule has 17 heteroatoms. The van der Waals surface area contributed by atoms with Crippen LogP contribution in [0, 0.1) is 5.41 Å². The summed E-state index contributed by atoms with van der Waals surface area (Å²) in [4.78, 5) is 23.8. The number of halogens is 6. The smallest absolute Gasteiger partial charge is 0.389 e. The molecule has 188 valence electrons. The van der Waals surface area contributed by atoms with Crippen molar-refractivity contribution in [2.75, 3.05) is 0 Å². The maximum absolute atomic E-state index is 13.8. The number of ether oxygens (including phenoxy) is 1. The Bertz CT molecular complexity index is 1130. The van der Waals surface area contributed by atoms with Crippen molar-refractivity contribution in [1.82, 2.24) is 0 Å². The first-order chi connectivity index (χ1) is 14.5. The van der Waals surface area contributed by atoms with Crippen LogP contribution in [0.15, 0.2) is 24.3 Å². The molecular formula is C16H16F6O9S2. The van der Waals surface area contributed by atoms with Crippen LogP contribution in [-0.4, -0.2) is 49.8 Å². The van der Waals surface area contributed by atoms with Gasteiger partial charge in [0.2, 0.25) is 0 Å². The molecule has 0 aliphatic carbocycles. The summed E-state index contributed by atoms with van der Waals surface area (Å²) in [5, 5.41) is -13.8. The predicted molar refractivity (Wildman–Crippen MR) is 96.9 cm³/mol. The van der Waals surface area contributed by atoms with Crippen molar-refractivity contribution in [1.29, 1.82) is 0 Å². The van der Waals surface area contributed by atoms with Gasteiger partial charge in [0.05, 0.1) is 11.0 Å².